The van der Waals surface area contributed by atoms with Gasteiger partial charge >= 0.3 is 0 Å². The van der Waals surface area contributed by atoms with Crippen LogP contribution in [-0.4, -0.2) is 10.8 Å². The summed E-state index contributed by atoms with van der Waals surface area (Å²) in [6.07, 6.45) is 2.92. The minimum absolute atomic E-state index is 0.153. The Bertz CT molecular complexity index is 607. The van der Waals surface area contributed by atoms with Crippen LogP contribution < -0.4 is 0 Å². The van der Waals surface area contributed by atoms with Crippen molar-refractivity contribution in [3.05, 3.63) is 63.9 Å². The lowest BCUT2D eigenvalue weighted by Gasteiger charge is -2.06. The Hall–Kier alpha value is -1.67. The molecule has 0 atom stereocenters. The molecule has 0 aliphatic heterocycles. The van der Waals surface area contributed by atoms with Crippen molar-refractivity contribution in [2.45, 2.75) is 26.7 Å². The lowest BCUT2D eigenvalue weighted by Crippen LogP contribution is -2.03. The average molecular weight is 274 g/mol. The van der Waals surface area contributed by atoms with Crippen LogP contribution >= 0.6 is 11.6 Å². The van der Waals surface area contributed by atoms with Crippen molar-refractivity contribution in [2.75, 3.05) is 0 Å². The summed E-state index contributed by atoms with van der Waals surface area (Å²) >= 11 is 5.92. The quantitative estimate of drug-likeness (QED) is 0.783. The van der Waals surface area contributed by atoms with E-state index in [4.69, 9.17) is 11.6 Å². The lowest BCUT2D eigenvalue weighted by atomic mass is 10.00. The number of carbonyl (C=O) groups excluding carboxylic acids is 1. The van der Waals surface area contributed by atoms with Crippen LogP contribution in [0.25, 0.3) is 0 Å². The predicted octanol–water partition coefficient (Wildman–Crippen LogP) is 4.17. The number of hydrogen-bond donors (Lipinski definition) is 0. The number of aryl methyl sites for hydroxylation is 3. The van der Waals surface area contributed by atoms with Crippen molar-refractivity contribution < 1.29 is 4.79 Å². The van der Waals surface area contributed by atoms with Crippen LogP contribution in [0.5, 0.6) is 0 Å². The van der Waals surface area contributed by atoms with Crippen LogP contribution in [-0.2, 0) is 6.42 Å². The summed E-state index contributed by atoms with van der Waals surface area (Å²) < 4.78 is 0. The number of rotatable bonds is 4. The number of halogens is 1. The van der Waals surface area contributed by atoms with Crippen molar-refractivity contribution in [2.24, 2.45) is 0 Å². The number of carbonyl (C=O) groups is 1. The molecule has 0 aliphatic rings. The Kier molecular flexibility index (Phi) is 4.33. The third kappa shape index (κ3) is 3.65. The zero-order chi connectivity index (χ0) is 13.8. The maximum atomic E-state index is 12.1. The number of benzene rings is 1. The predicted molar refractivity (Wildman–Crippen MR) is 77.8 cm³/mol. The molecule has 0 amide bonds. The summed E-state index contributed by atoms with van der Waals surface area (Å²) in [6.45, 7) is 3.91. The molecule has 0 spiro atoms. The van der Waals surface area contributed by atoms with Gasteiger partial charge in [0.1, 0.15) is 0 Å². The van der Waals surface area contributed by atoms with Gasteiger partial charge in [-0.25, -0.2) is 0 Å². The smallest absolute Gasteiger partial charge is 0.163 e. The summed E-state index contributed by atoms with van der Waals surface area (Å²) in [5, 5.41) is 0.734. The van der Waals surface area contributed by atoms with Crippen LogP contribution in [0.1, 0.15) is 33.6 Å². The summed E-state index contributed by atoms with van der Waals surface area (Å²) in [4.78, 5) is 16.2. The number of aromatic nitrogens is 1. The first-order valence-electron chi connectivity index (χ1n) is 6.27. The number of ketones is 1. The normalized spacial score (nSPS) is 10.5. The van der Waals surface area contributed by atoms with Gasteiger partial charge in [-0.2, -0.15) is 0 Å². The maximum absolute atomic E-state index is 12.1. The molecule has 1 aromatic heterocycles. The van der Waals surface area contributed by atoms with Gasteiger partial charge in [-0.3, -0.25) is 9.78 Å². The highest BCUT2D eigenvalue weighted by Gasteiger charge is 2.08. The van der Waals surface area contributed by atoms with E-state index >= 15 is 0 Å². The molecular formula is C16H16ClNO. The first-order chi connectivity index (χ1) is 9.06. The van der Waals surface area contributed by atoms with Crippen LogP contribution in [0.2, 0.25) is 5.02 Å². The second kappa shape index (κ2) is 5.98. The van der Waals surface area contributed by atoms with Crippen LogP contribution in [0.4, 0.5) is 0 Å². The summed E-state index contributed by atoms with van der Waals surface area (Å²) in [7, 11) is 0. The van der Waals surface area contributed by atoms with E-state index in [0.717, 1.165) is 28.3 Å². The average Bonchev–Trinajstić information content (AvgIpc) is 2.37. The van der Waals surface area contributed by atoms with E-state index in [2.05, 4.69) is 4.98 Å². The number of pyridine rings is 1. The fourth-order valence-electron chi connectivity index (χ4n) is 2.05. The summed E-state index contributed by atoms with van der Waals surface area (Å²) in [6, 6.07) is 9.38. The lowest BCUT2D eigenvalue weighted by molar-refractivity contribution is 0.0982. The number of hydrogen-bond acceptors (Lipinski definition) is 2. The molecule has 0 saturated carbocycles. The fourth-order valence-corrected chi connectivity index (χ4v) is 2.28. The van der Waals surface area contributed by atoms with E-state index in [0.29, 0.717) is 6.42 Å². The molecule has 0 unspecified atom stereocenters. The molecule has 0 fully saturated rings. The van der Waals surface area contributed by atoms with E-state index in [1.807, 2.05) is 38.1 Å². The van der Waals surface area contributed by atoms with Gasteiger partial charge in [0.2, 0.25) is 0 Å². The van der Waals surface area contributed by atoms with E-state index < -0.39 is 0 Å². The van der Waals surface area contributed by atoms with Crippen LogP contribution in [0.15, 0.2) is 36.5 Å². The second-order valence-corrected chi connectivity index (χ2v) is 5.12. The highest BCUT2D eigenvalue weighted by atomic mass is 35.5. The molecule has 0 bridgehead atoms. The van der Waals surface area contributed by atoms with Gasteiger partial charge in [0.05, 0.1) is 0 Å². The van der Waals surface area contributed by atoms with Gasteiger partial charge in [0.15, 0.2) is 5.78 Å². The van der Waals surface area contributed by atoms with E-state index in [-0.39, 0.29) is 5.78 Å². The first-order valence-corrected chi connectivity index (χ1v) is 6.65. The Morgan fingerprint density at radius 2 is 2.00 bits per heavy atom. The molecule has 2 aromatic rings. The van der Waals surface area contributed by atoms with Crippen molar-refractivity contribution >= 4 is 17.4 Å². The zero-order valence-electron chi connectivity index (χ0n) is 11.1. The molecule has 2 rings (SSSR count). The number of nitrogens with zero attached hydrogens (tertiary/aromatic N) is 1. The van der Waals surface area contributed by atoms with Gasteiger partial charge in [-0.15, -0.1) is 0 Å². The molecule has 0 N–H and O–H groups in total. The first kappa shape index (κ1) is 13.8. The molecular weight excluding hydrogens is 258 g/mol. The molecule has 0 saturated heterocycles. The van der Waals surface area contributed by atoms with Gasteiger partial charge in [-0.1, -0.05) is 17.7 Å². The Balaban J connectivity index is 2.04. The van der Waals surface area contributed by atoms with Gasteiger partial charge in [0, 0.05) is 28.9 Å². The highest BCUT2D eigenvalue weighted by molar-refractivity contribution is 6.30. The summed E-state index contributed by atoms with van der Waals surface area (Å²) in [5.74, 6) is 0.153. The summed E-state index contributed by atoms with van der Waals surface area (Å²) in [5.41, 5.74) is 3.90. The molecule has 0 radical (unpaired) electrons. The maximum Gasteiger partial charge on any atom is 0.163 e. The molecule has 19 heavy (non-hydrogen) atoms. The molecule has 1 aromatic carbocycles. The van der Waals surface area contributed by atoms with Crippen LogP contribution in [0.3, 0.4) is 0 Å². The minimum Gasteiger partial charge on any atom is -0.294 e. The van der Waals surface area contributed by atoms with E-state index in [9.17, 15) is 4.79 Å². The van der Waals surface area contributed by atoms with Crippen LogP contribution in [0, 0.1) is 13.8 Å². The Morgan fingerprint density at radius 1 is 1.21 bits per heavy atom. The fraction of sp³-hybridized carbons (Fsp3) is 0.250. The number of Topliss-reactive ketones (excluding diaryl/α,β-unsaturated/α-hetero) is 1. The largest absolute Gasteiger partial charge is 0.294 e. The molecule has 0 aliphatic carbocycles. The van der Waals surface area contributed by atoms with Gasteiger partial charge in [0.25, 0.3) is 0 Å². The van der Waals surface area contributed by atoms with Gasteiger partial charge < -0.3 is 0 Å². The van der Waals surface area contributed by atoms with Gasteiger partial charge in [-0.05, 0) is 55.7 Å². The topological polar surface area (TPSA) is 30.0 Å². The molecule has 98 valence electrons. The monoisotopic (exact) mass is 273 g/mol. The third-order valence-electron chi connectivity index (χ3n) is 3.14. The van der Waals surface area contributed by atoms with Crippen molar-refractivity contribution in [3.63, 3.8) is 0 Å². The third-order valence-corrected chi connectivity index (χ3v) is 3.38. The zero-order valence-corrected chi connectivity index (χ0v) is 11.9. The standard InChI is InChI=1S/C16H16ClNO/c1-11-9-15(17)5-3-13(11)4-6-16(19)14-7-8-18-12(2)10-14/h3,5,7-10H,4,6H2,1-2H3. The second-order valence-electron chi connectivity index (χ2n) is 4.68. The van der Waals surface area contributed by atoms with Crippen molar-refractivity contribution in [1.82, 2.24) is 4.98 Å². The van der Waals surface area contributed by atoms with E-state index in [1.54, 1.807) is 12.3 Å². The minimum atomic E-state index is 0.153. The van der Waals surface area contributed by atoms with Crippen molar-refractivity contribution in [3.8, 4) is 0 Å². The Morgan fingerprint density at radius 3 is 2.68 bits per heavy atom. The SMILES string of the molecule is Cc1cc(C(=O)CCc2ccc(Cl)cc2C)ccn1. The molecule has 3 heteroatoms. The Labute approximate surface area is 118 Å². The highest BCUT2D eigenvalue weighted by Crippen LogP contribution is 2.17. The molecule has 2 nitrogen and oxygen atoms in total. The van der Waals surface area contributed by atoms with E-state index in [1.165, 1.54) is 5.56 Å². The molecule has 1 heterocycles. The van der Waals surface area contributed by atoms with Crippen molar-refractivity contribution in [1.29, 1.82) is 0 Å².